The Morgan fingerprint density at radius 2 is 2.00 bits per heavy atom. The van der Waals surface area contributed by atoms with Gasteiger partial charge in [-0.3, -0.25) is 9.59 Å². The standard InChI is InChI=1S/C18H22N4O2.ClH/c1-13(23)15-5-3-14(4-6-15)11-17(24)22-10-7-19-12-16(22)18-20-8-9-21(18)2;/h3-6,8-9,16,19H,7,10-12H2,1-2H3;1H. The summed E-state index contributed by atoms with van der Waals surface area (Å²) < 4.78 is 1.96. The monoisotopic (exact) mass is 362 g/mol. The molecule has 1 unspecified atom stereocenters. The van der Waals surface area contributed by atoms with E-state index < -0.39 is 0 Å². The molecule has 0 spiro atoms. The Hall–Kier alpha value is -2.18. The lowest BCUT2D eigenvalue weighted by Gasteiger charge is -2.35. The number of imidazole rings is 1. The average molecular weight is 363 g/mol. The van der Waals surface area contributed by atoms with Gasteiger partial charge in [0.2, 0.25) is 5.91 Å². The molecule has 0 saturated carbocycles. The third-order valence-corrected chi connectivity index (χ3v) is 4.44. The second-order valence-electron chi connectivity index (χ2n) is 6.13. The highest BCUT2D eigenvalue weighted by atomic mass is 35.5. The minimum atomic E-state index is -0.0530. The number of nitrogens with one attached hydrogen (secondary N) is 1. The summed E-state index contributed by atoms with van der Waals surface area (Å²) in [6, 6.07) is 7.21. The van der Waals surface area contributed by atoms with E-state index in [0.717, 1.165) is 17.9 Å². The summed E-state index contributed by atoms with van der Waals surface area (Å²) in [5, 5.41) is 3.33. The van der Waals surface area contributed by atoms with Crippen LogP contribution in [-0.2, 0) is 18.3 Å². The van der Waals surface area contributed by atoms with Crippen molar-refractivity contribution < 1.29 is 9.59 Å². The minimum Gasteiger partial charge on any atom is -0.336 e. The number of nitrogens with zero attached hydrogens (tertiary/aromatic N) is 3. The zero-order chi connectivity index (χ0) is 17.1. The number of halogens is 1. The Kier molecular flexibility index (Phi) is 6.33. The summed E-state index contributed by atoms with van der Waals surface area (Å²) in [7, 11) is 1.94. The van der Waals surface area contributed by atoms with Crippen LogP contribution in [-0.4, -0.2) is 45.8 Å². The third-order valence-electron chi connectivity index (χ3n) is 4.44. The summed E-state index contributed by atoms with van der Waals surface area (Å²) >= 11 is 0. The Morgan fingerprint density at radius 3 is 2.60 bits per heavy atom. The van der Waals surface area contributed by atoms with Crippen molar-refractivity contribution in [2.45, 2.75) is 19.4 Å². The summed E-state index contributed by atoms with van der Waals surface area (Å²) in [6.45, 7) is 3.70. The lowest BCUT2D eigenvalue weighted by molar-refractivity contribution is -0.134. The second-order valence-corrected chi connectivity index (χ2v) is 6.13. The zero-order valence-corrected chi connectivity index (χ0v) is 15.3. The third kappa shape index (κ3) is 4.27. The maximum absolute atomic E-state index is 12.8. The predicted molar refractivity (Wildman–Crippen MR) is 97.9 cm³/mol. The van der Waals surface area contributed by atoms with Gasteiger partial charge in [-0.05, 0) is 12.5 Å². The van der Waals surface area contributed by atoms with Crippen molar-refractivity contribution >= 4 is 24.1 Å². The van der Waals surface area contributed by atoms with Crippen LogP contribution in [0.3, 0.4) is 0 Å². The highest BCUT2D eigenvalue weighted by Crippen LogP contribution is 2.21. The van der Waals surface area contributed by atoms with Crippen molar-refractivity contribution in [2.75, 3.05) is 19.6 Å². The van der Waals surface area contributed by atoms with E-state index in [1.54, 1.807) is 25.3 Å². The van der Waals surface area contributed by atoms with E-state index in [0.29, 0.717) is 25.1 Å². The van der Waals surface area contributed by atoms with Gasteiger partial charge in [0.15, 0.2) is 5.78 Å². The molecular weight excluding hydrogens is 340 g/mol. The van der Waals surface area contributed by atoms with Crippen molar-refractivity contribution in [3.05, 3.63) is 53.6 Å². The van der Waals surface area contributed by atoms with Gasteiger partial charge in [0.05, 0.1) is 6.42 Å². The van der Waals surface area contributed by atoms with Crippen molar-refractivity contribution in [3.8, 4) is 0 Å². The van der Waals surface area contributed by atoms with E-state index in [4.69, 9.17) is 0 Å². The van der Waals surface area contributed by atoms with E-state index >= 15 is 0 Å². The molecule has 1 fully saturated rings. The van der Waals surface area contributed by atoms with E-state index in [1.807, 2.05) is 34.8 Å². The SMILES string of the molecule is CC(=O)c1ccc(CC(=O)N2CCNCC2c2nccn2C)cc1.Cl. The number of piperazine rings is 1. The Labute approximate surface area is 153 Å². The minimum absolute atomic E-state index is 0. The molecule has 1 aliphatic rings. The van der Waals surface area contributed by atoms with Crippen LogP contribution in [0, 0.1) is 0 Å². The van der Waals surface area contributed by atoms with E-state index in [9.17, 15) is 9.59 Å². The van der Waals surface area contributed by atoms with Gasteiger partial charge in [-0.25, -0.2) is 4.98 Å². The molecule has 1 atom stereocenters. The van der Waals surface area contributed by atoms with Crippen LogP contribution in [0.2, 0.25) is 0 Å². The molecule has 0 radical (unpaired) electrons. The molecule has 1 saturated heterocycles. The first-order valence-electron chi connectivity index (χ1n) is 8.13. The van der Waals surface area contributed by atoms with Crippen molar-refractivity contribution in [3.63, 3.8) is 0 Å². The number of hydrogen-bond acceptors (Lipinski definition) is 4. The van der Waals surface area contributed by atoms with Gasteiger partial charge < -0.3 is 14.8 Å². The van der Waals surface area contributed by atoms with Gasteiger partial charge in [0.1, 0.15) is 11.9 Å². The van der Waals surface area contributed by atoms with Gasteiger partial charge in [0, 0.05) is 44.6 Å². The molecular formula is C18H23ClN4O2. The molecule has 2 aromatic rings. The number of rotatable bonds is 4. The molecule has 1 aromatic heterocycles. The first-order chi connectivity index (χ1) is 11.6. The molecule has 6 nitrogen and oxygen atoms in total. The van der Waals surface area contributed by atoms with Gasteiger partial charge in [-0.15, -0.1) is 12.4 Å². The van der Waals surface area contributed by atoms with Gasteiger partial charge in [-0.1, -0.05) is 24.3 Å². The highest BCUT2D eigenvalue weighted by Gasteiger charge is 2.30. The van der Waals surface area contributed by atoms with E-state index in [2.05, 4.69) is 10.3 Å². The van der Waals surface area contributed by atoms with Crippen LogP contribution >= 0.6 is 12.4 Å². The molecule has 2 heterocycles. The fourth-order valence-corrected chi connectivity index (χ4v) is 3.07. The molecule has 1 aliphatic heterocycles. The van der Waals surface area contributed by atoms with Gasteiger partial charge in [-0.2, -0.15) is 0 Å². The van der Waals surface area contributed by atoms with E-state index in [1.165, 1.54) is 0 Å². The maximum Gasteiger partial charge on any atom is 0.227 e. The van der Waals surface area contributed by atoms with Gasteiger partial charge >= 0.3 is 0 Å². The van der Waals surface area contributed by atoms with Crippen LogP contribution in [0.1, 0.15) is 34.7 Å². The largest absolute Gasteiger partial charge is 0.336 e. The Morgan fingerprint density at radius 1 is 1.28 bits per heavy atom. The summed E-state index contributed by atoms with van der Waals surface area (Å²) in [5.41, 5.74) is 1.58. The first-order valence-corrected chi connectivity index (χ1v) is 8.13. The summed E-state index contributed by atoms with van der Waals surface area (Å²) in [6.07, 6.45) is 3.99. The molecule has 1 amide bonds. The molecule has 25 heavy (non-hydrogen) atoms. The van der Waals surface area contributed by atoms with Crippen molar-refractivity contribution in [2.24, 2.45) is 7.05 Å². The van der Waals surface area contributed by atoms with Gasteiger partial charge in [0.25, 0.3) is 0 Å². The molecule has 3 rings (SSSR count). The number of hydrogen-bond donors (Lipinski definition) is 1. The second kappa shape index (κ2) is 8.27. The lowest BCUT2D eigenvalue weighted by Crippen LogP contribution is -2.49. The predicted octanol–water partition coefficient (Wildman–Crippen LogP) is 1.76. The van der Waals surface area contributed by atoms with E-state index in [-0.39, 0.29) is 30.1 Å². The Bertz CT molecular complexity index is 742. The fraction of sp³-hybridized carbons (Fsp3) is 0.389. The van der Waals surface area contributed by atoms with Crippen LogP contribution in [0.4, 0.5) is 0 Å². The summed E-state index contributed by atoms with van der Waals surface area (Å²) in [4.78, 5) is 30.4. The molecule has 1 aromatic carbocycles. The average Bonchev–Trinajstić information content (AvgIpc) is 3.01. The first kappa shape index (κ1) is 19.1. The van der Waals surface area contributed by atoms with Crippen molar-refractivity contribution in [1.29, 1.82) is 0 Å². The van der Waals surface area contributed by atoms with Crippen LogP contribution in [0.15, 0.2) is 36.7 Å². The number of benzene rings is 1. The number of amides is 1. The fourth-order valence-electron chi connectivity index (χ4n) is 3.07. The Balaban J connectivity index is 0.00000225. The van der Waals surface area contributed by atoms with Crippen LogP contribution in [0.25, 0.3) is 0 Å². The maximum atomic E-state index is 12.8. The molecule has 134 valence electrons. The smallest absolute Gasteiger partial charge is 0.227 e. The lowest BCUT2D eigenvalue weighted by atomic mass is 10.1. The summed E-state index contributed by atoms with van der Waals surface area (Å²) in [5.74, 6) is 1.01. The number of carbonyl (C=O) groups excluding carboxylic acids is 2. The topological polar surface area (TPSA) is 67.2 Å². The van der Waals surface area contributed by atoms with Crippen LogP contribution < -0.4 is 5.32 Å². The normalized spacial score (nSPS) is 17.0. The highest BCUT2D eigenvalue weighted by molar-refractivity contribution is 5.94. The number of aryl methyl sites for hydroxylation is 1. The zero-order valence-electron chi connectivity index (χ0n) is 14.4. The molecule has 0 bridgehead atoms. The molecule has 1 N–H and O–H groups in total. The molecule has 7 heteroatoms. The number of carbonyl (C=O) groups is 2. The number of Topliss-reactive ketones (excluding diaryl/α,β-unsaturated/α-hetero) is 1. The molecule has 0 aliphatic carbocycles. The number of aromatic nitrogens is 2. The van der Waals surface area contributed by atoms with Crippen molar-refractivity contribution in [1.82, 2.24) is 19.8 Å². The van der Waals surface area contributed by atoms with Crippen LogP contribution in [0.5, 0.6) is 0 Å². The number of ketones is 1. The quantitative estimate of drug-likeness (QED) is 0.841.